The van der Waals surface area contributed by atoms with E-state index < -0.39 is 17.6 Å². The lowest BCUT2D eigenvalue weighted by Crippen LogP contribution is -2.11. The number of hydrogen-bond donors (Lipinski definition) is 1. The number of carbonyl (C=O) groups excluding carboxylic acids is 1. The highest BCUT2D eigenvalue weighted by Gasteiger charge is 2.30. The predicted molar refractivity (Wildman–Crippen MR) is 78.0 cm³/mol. The van der Waals surface area contributed by atoms with Crippen LogP contribution in [0.15, 0.2) is 48.8 Å². The van der Waals surface area contributed by atoms with E-state index in [1.807, 2.05) is 0 Å². The molecule has 2 heterocycles. The van der Waals surface area contributed by atoms with Crippen molar-refractivity contribution in [2.24, 2.45) is 5.73 Å². The van der Waals surface area contributed by atoms with Crippen LogP contribution in [-0.2, 0) is 12.6 Å². The second kappa shape index (κ2) is 5.42. The molecule has 0 atom stereocenters. The highest BCUT2D eigenvalue weighted by atomic mass is 19.4. The van der Waals surface area contributed by atoms with Gasteiger partial charge in [-0.05, 0) is 29.7 Å². The quantitative estimate of drug-likeness (QED) is 0.806. The fraction of sp³-hybridized carbons (Fsp3) is 0.125. The van der Waals surface area contributed by atoms with Crippen molar-refractivity contribution in [1.82, 2.24) is 9.61 Å². The Hall–Kier alpha value is -2.83. The van der Waals surface area contributed by atoms with Crippen molar-refractivity contribution >= 4 is 11.4 Å². The van der Waals surface area contributed by atoms with E-state index in [0.717, 1.165) is 12.1 Å². The number of benzene rings is 1. The van der Waals surface area contributed by atoms with Gasteiger partial charge in [-0.1, -0.05) is 24.3 Å². The summed E-state index contributed by atoms with van der Waals surface area (Å²) in [6, 6.07) is 8.56. The fourth-order valence-electron chi connectivity index (χ4n) is 2.52. The van der Waals surface area contributed by atoms with Crippen LogP contribution in [0.1, 0.15) is 27.0 Å². The summed E-state index contributed by atoms with van der Waals surface area (Å²) in [7, 11) is 0. The Morgan fingerprint density at radius 3 is 2.70 bits per heavy atom. The molecule has 0 saturated heterocycles. The standard InChI is InChI=1S/C16H12F3N3O/c17-16(18,19)12-5-1-3-10(8-12)7-11-4-2-6-22-14(11)13(9-21-22)15(20)23/h1-6,8-9H,7H2,(H2,20,23). The molecule has 0 bridgehead atoms. The topological polar surface area (TPSA) is 60.4 Å². The molecule has 3 aromatic rings. The van der Waals surface area contributed by atoms with Crippen molar-refractivity contribution in [3.63, 3.8) is 0 Å². The molecule has 0 fully saturated rings. The summed E-state index contributed by atoms with van der Waals surface area (Å²) in [6.07, 6.45) is -1.15. The SMILES string of the molecule is NC(=O)c1cnn2cccc(Cc3cccc(C(F)(F)F)c3)c12. The van der Waals surface area contributed by atoms with Crippen LogP contribution < -0.4 is 5.73 Å². The van der Waals surface area contributed by atoms with E-state index in [0.29, 0.717) is 16.6 Å². The van der Waals surface area contributed by atoms with Crippen molar-refractivity contribution in [1.29, 1.82) is 0 Å². The number of aromatic nitrogens is 2. The lowest BCUT2D eigenvalue weighted by atomic mass is 10.0. The van der Waals surface area contributed by atoms with E-state index in [9.17, 15) is 18.0 Å². The number of carbonyl (C=O) groups is 1. The molecule has 0 saturated carbocycles. The minimum absolute atomic E-state index is 0.236. The van der Waals surface area contributed by atoms with Gasteiger partial charge in [0.2, 0.25) is 0 Å². The van der Waals surface area contributed by atoms with Gasteiger partial charge in [-0.15, -0.1) is 0 Å². The maximum Gasteiger partial charge on any atom is 0.416 e. The van der Waals surface area contributed by atoms with E-state index in [1.165, 1.54) is 16.8 Å². The molecular weight excluding hydrogens is 307 g/mol. The molecule has 23 heavy (non-hydrogen) atoms. The number of alkyl halides is 3. The monoisotopic (exact) mass is 319 g/mol. The van der Waals surface area contributed by atoms with Gasteiger partial charge in [0, 0.05) is 6.20 Å². The minimum Gasteiger partial charge on any atom is -0.365 e. The normalized spacial score (nSPS) is 11.8. The number of pyridine rings is 1. The molecule has 4 nitrogen and oxygen atoms in total. The third-order valence-corrected chi connectivity index (χ3v) is 3.54. The van der Waals surface area contributed by atoms with E-state index in [2.05, 4.69) is 5.10 Å². The summed E-state index contributed by atoms with van der Waals surface area (Å²) in [4.78, 5) is 11.5. The lowest BCUT2D eigenvalue weighted by molar-refractivity contribution is -0.137. The average Bonchev–Trinajstić information content (AvgIpc) is 2.92. The predicted octanol–water partition coefficient (Wildman–Crippen LogP) is 3.04. The lowest BCUT2D eigenvalue weighted by Gasteiger charge is -2.10. The summed E-state index contributed by atoms with van der Waals surface area (Å²) in [5.41, 5.74) is 6.55. The van der Waals surface area contributed by atoms with Crippen LogP contribution >= 0.6 is 0 Å². The molecule has 118 valence electrons. The molecule has 1 amide bonds. The molecule has 0 aliphatic carbocycles. The zero-order valence-electron chi connectivity index (χ0n) is 11.8. The van der Waals surface area contributed by atoms with Gasteiger partial charge in [0.25, 0.3) is 5.91 Å². The molecule has 2 aromatic heterocycles. The largest absolute Gasteiger partial charge is 0.416 e. The molecule has 0 unspecified atom stereocenters. The summed E-state index contributed by atoms with van der Waals surface area (Å²) in [5, 5.41) is 4.03. The zero-order valence-corrected chi connectivity index (χ0v) is 11.8. The molecule has 3 rings (SSSR count). The van der Waals surface area contributed by atoms with Gasteiger partial charge in [-0.25, -0.2) is 4.52 Å². The van der Waals surface area contributed by atoms with Crippen LogP contribution in [-0.4, -0.2) is 15.5 Å². The third kappa shape index (κ3) is 2.90. The first-order valence-electron chi connectivity index (χ1n) is 6.77. The summed E-state index contributed by atoms with van der Waals surface area (Å²) >= 11 is 0. The number of halogens is 3. The summed E-state index contributed by atoms with van der Waals surface area (Å²) < 4.78 is 39.9. The van der Waals surface area contributed by atoms with Crippen molar-refractivity contribution in [3.8, 4) is 0 Å². The Kier molecular flexibility index (Phi) is 3.55. The second-order valence-corrected chi connectivity index (χ2v) is 5.12. The number of hydrogen-bond acceptors (Lipinski definition) is 2. The Morgan fingerprint density at radius 2 is 2.00 bits per heavy atom. The van der Waals surface area contributed by atoms with E-state index in [-0.39, 0.29) is 12.0 Å². The Labute approximate surface area is 129 Å². The van der Waals surface area contributed by atoms with Crippen LogP contribution in [0.5, 0.6) is 0 Å². The third-order valence-electron chi connectivity index (χ3n) is 3.54. The molecule has 1 aromatic carbocycles. The Bertz CT molecular complexity index is 884. The molecule has 0 aliphatic heterocycles. The van der Waals surface area contributed by atoms with Gasteiger partial charge >= 0.3 is 6.18 Å². The maximum atomic E-state index is 12.8. The molecule has 0 radical (unpaired) electrons. The molecular formula is C16H12F3N3O. The summed E-state index contributed by atoms with van der Waals surface area (Å²) in [6.45, 7) is 0. The first-order valence-corrected chi connectivity index (χ1v) is 6.77. The van der Waals surface area contributed by atoms with Crippen molar-refractivity contribution in [3.05, 3.63) is 71.0 Å². The van der Waals surface area contributed by atoms with Crippen molar-refractivity contribution < 1.29 is 18.0 Å². The first-order chi connectivity index (χ1) is 10.9. The van der Waals surface area contributed by atoms with Crippen molar-refractivity contribution in [2.45, 2.75) is 12.6 Å². The van der Waals surface area contributed by atoms with Gasteiger partial charge in [-0.3, -0.25) is 4.79 Å². The van der Waals surface area contributed by atoms with Crippen LogP contribution in [0.2, 0.25) is 0 Å². The van der Waals surface area contributed by atoms with E-state index in [1.54, 1.807) is 24.4 Å². The van der Waals surface area contributed by atoms with Crippen LogP contribution in [0.3, 0.4) is 0 Å². The summed E-state index contributed by atoms with van der Waals surface area (Å²) in [5.74, 6) is -0.628. The Morgan fingerprint density at radius 1 is 1.22 bits per heavy atom. The first kappa shape index (κ1) is 15.1. The van der Waals surface area contributed by atoms with Crippen LogP contribution in [0.4, 0.5) is 13.2 Å². The van der Waals surface area contributed by atoms with Crippen molar-refractivity contribution in [2.75, 3.05) is 0 Å². The maximum absolute atomic E-state index is 12.8. The van der Waals surface area contributed by atoms with Gasteiger partial charge in [0.05, 0.1) is 22.8 Å². The van der Waals surface area contributed by atoms with Gasteiger partial charge in [0.1, 0.15) is 0 Å². The van der Waals surface area contributed by atoms with Gasteiger partial charge in [-0.2, -0.15) is 18.3 Å². The van der Waals surface area contributed by atoms with Gasteiger partial charge in [0.15, 0.2) is 0 Å². The smallest absolute Gasteiger partial charge is 0.365 e. The molecule has 2 N–H and O–H groups in total. The van der Waals surface area contributed by atoms with E-state index >= 15 is 0 Å². The number of amides is 1. The molecule has 7 heteroatoms. The van der Waals surface area contributed by atoms with Crippen LogP contribution in [0.25, 0.3) is 5.52 Å². The second-order valence-electron chi connectivity index (χ2n) is 5.12. The number of rotatable bonds is 3. The van der Waals surface area contributed by atoms with Crippen LogP contribution in [0, 0.1) is 0 Å². The van der Waals surface area contributed by atoms with Gasteiger partial charge < -0.3 is 5.73 Å². The number of fused-ring (bicyclic) bond motifs is 1. The highest BCUT2D eigenvalue weighted by Crippen LogP contribution is 2.30. The number of nitrogens with zero attached hydrogens (tertiary/aromatic N) is 2. The highest BCUT2D eigenvalue weighted by molar-refractivity contribution is 6.00. The molecule has 0 spiro atoms. The molecule has 0 aliphatic rings. The average molecular weight is 319 g/mol. The Balaban J connectivity index is 2.05. The van der Waals surface area contributed by atoms with E-state index in [4.69, 9.17) is 5.73 Å². The number of primary amides is 1. The minimum atomic E-state index is -4.39. The number of nitrogens with two attached hydrogens (primary N) is 1. The fourth-order valence-corrected chi connectivity index (χ4v) is 2.52. The zero-order chi connectivity index (χ0) is 16.6.